The lowest BCUT2D eigenvalue weighted by Gasteiger charge is -2.26. The van der Waals surface area contributed by atoms with Gasteiger partial charge in [-0.25, -0.2) is 4.79 Å². The van der Waals surface area contributed by atoms with Gasteiger partial charge in [0.1, 0.15) is 5.54 Å². The Labute approximate surface area is 154 Å². The number of benzene rings is 2. The maximum atomic E-state index is 12.9. The van der Waals surface area contributed by atoms with Crippen molar-refractivity contribution in [1.82, 2.24) is 5.32 Å². The molecule has 0 aromatic heterocycles. The number of rotatable bonds is 5. The van der Waals surface area contributed by atoms with Crippen molar-refractivity contribution < 1.29 is 14.7 Å². The molecule has 2 N–H and O–H groups in total. The summed E-state index contributed by atoms with van der Waals surface area (Å²) in [5.41, 5.74) is 3.31. The maximum Gasteiger partial charge on any atom is 0.330 e. The van der Waals surface area contributed by atoms with Gasteiger partial charge in [0.15, 0.2) is 0 Å². The lowest BCUT2D eigenvalue weighted by molar-refractivity contribution is -0.144. The molecule has 2 aromatic carbocycles. The predicted molar refractivity (Wildman–Crippen MR) is 101 cm³/mol. The quantitative estimate of drug-likeness (QED) is 0.866. The fraction of sp³-hybridized carbons (Fsp3) is 0.364. The van der Waals surface area contributed by atoms with Crippen LogP contribution in [0.15, 0.2) is 42.5 Å². The van der Waals surface area contributed by atoms with E-state index in [-0.39, 0.29) is 5.91 Å². The molecule has 0 aliphatic heterocycles. The van der Waals surface area contributed by atoms with E-state index in [4.69, 9.17) is 0 Å². The fourth-order valence-electron chi connectivity index (χ4n) is 3.78. The van der Waals surface area contributed by atoms with Crippen molar-refractivity contribution in [2.24, 2.45) is 5.92 Å². The number of fused-ring (bicyclic) bond motifs is 1. The Kier molecular flexibility index (Phi) is 4.86. The summed E-state index contributed by atoms with van der Waals surface area (Å²) in [6.45, 7) is 6.21. The number of carboxylic acid groups (broad SMARTS) is 1. The Hall–Kier alpha value is -2.62. The summed E-state index contributed by atoms with van der Waals surface area (Å²) in [5, 5.41) is 12.7. The van der Waals surface area contributed by atoms with E-state index in [1.54, 1.807) is 6.07 Å². The normalized spacial score (nSPS) is 14.9. The average molecular weight is 351 g/mol. The highest BCUT2D eigenvalue weighted by molar-refractivity contribution is 5.99. The van der Waals surface area contributed by atoms with E-state index >= 15 is 0 Å². The average Bonchev–Trinajstić information content (AvgIpc) is 2.95. The minimum absolute atomic E-state index is 0.314. The molecular weight excluding hydrogens is 326 g/mol. The molecule has 4 nitrogen and oxygen atoms in total. The van der Waals surface area contributed by atoms with Crippen molar-refractivity contribution in [1.29, 1.82) is 0 Å². The van der Waals surface area contributed by atoms with Crippen molar-refractivity contribution in [3.05, 3.63) is 70.3 Å². The van der Waals surface area contributed by atoms with E-state index in [1.807, 2.05) is 43.3 Å². The Balaban J connectivity index is 1.88. The van der Waals surface area contributed by atoms with E-state index in [0.717, 1.165) is 28.7 Å². The van der Waals surface area contributed by atoms with Crippen LogP contribution in [0.4, 0.5) is 0 Å². The molecule has 1 aliphatic rings. The zero-order valence-electron chi connectivity index (χ0n) is 15.5. The fourth-order valence-corrected chi connectivity index (χ4v) is 3.78. The van der Waals surface area contributed by atoms with Crippen molar-refractivity contribution >= 4 is 11.9 Å². The molecule has 0 heterocycles. The summed E-state index contributed by atoms with van der Waals surface area (Å²) in [6.07, 6.45) is 1.52. The number of carboxylic acids is 1. The molecular formula is C22H25NO3. The van der Waals surface area contributed by atoms with Crippen LogP contribution in [0.1, 0.15) is 46.5 Å². The molecule has 26 heavy (non-hydrogen) atoms. The molecule has 4 heteroatoms. The SMILES string of the molecule is Cc1c(CC(C)C)cccc1C(=O)NC1(C(=O)O)Cc2ccccc2C1. The van der Waals surface area contributed by atoms with Gasteiger partial charge in [0.05, 0.1) is 0 Å². The van der Waals surface area contributed by atoms with Gasteiger partial charge in [0.25, 0.3) is 5.91 Å². The molecule has 1 amide bonds. The summed E-state index contributed by atoms with van der Waals surface area (Å²) < 4.78 is 0. The number of nitrogens with one attached hydrogen (secondary N) is 1. The van der Waals surface area contributed by atoms with E-state index in [2.05, 4.69) is 19.2 Å². The summed E-state index contributed by atoms with van der Waals surface area (Å²) in [7, 11) is 0. The molecule has 0 spiro atoms. The van der Waals surface area contributed by atoms with Crippen LogP contribution in [0.3, 0.4) is 0 Å². The summed E-state index contributed by atoms with van der Waals surface area (Å²) in [4.78, 5) is 25.0. The van der Waals surface area contributed by atoms with Gasteiger partial charge in [-0.1, -0.05) is 50.2 Å². The Morgan fingerprint density at radius 1 is 1.08 bits per heavy atom. The topological polar surface area (TPSA) is 66.4 Å². The van der Waals surface area contributed by atoms with Crippen molar-refractivity contribution in [3.8, 4) is 0 Å². The number of aliphatic carboxylic acids is 1. The molecule has 1 aliphatic carbocycles. The highest BCUT2D eigenvalue weighted by Crippen LogP contribution is 2.31. The molecule has 0 atom stereocenters. The molecule has 0 bridgehead atoms. The summed E-state index contributed by atoms with van der Waals surface area (Å²) >= 11 is 0. The maximum absolute atomic E-state index is 12.9. The number of amides is 1. The molecule has 0 saturated carbocycles. The summed E-state index contributed by atoms with van der Waals surface area (Å²) in [6, 6.07) is 13.3. The first-order valence-corrected chi connectivity index (χ1v) is 9.03. The van der Waals surface area contributed by atoms with Gasteiger partial charge in [-0.3, -0.25) is 4.79 Å². The highest BCUT2D eigenvalue weighted by Gasteiger charge is 2.45. The molecule has 136 valence electrons. The largest absolute Gasteiger partial charge is 0.479 e. The lowest BCUT2D eigenvalue weighted by Crippen LogP contribution is -2.55. The van der Waals surface area contributed by atoms with Crippen LogP contribution >= 0.6 is 0 Å². The van der Waals surface area contributed by atoms with Crippen molar-refractivity contribution in [2.45, 2.75) is 45.6 Å². The highest BCUT2D eigenvalue weighted by atomic mass is 16.4. The lowest BCUT2D eigenvalue weighted by atomic mass is 9.92. The number of carbonyl (C=O) groups excluding carboxylic acids is 1. The van der Waals surface area contributed by atoms with Gasteiger partial charge < -0.3 is 10.4 Å². The Morgan fingerprint density at radius 2 is 1.69 bits per heavy atom. The van der Waals surface area contributed by atoms with E-state index in [9.17, 15) is 14.7 Å². The van der Waals surface area contributed by atoms with Crippen molar-refractivity contribution in [2.75, 3.05) is 0 Å². The first-order valence-electron chi connectivity index (χ1n) is 9.03. The second-order valence-corrected chi connectivity index (χ2v) is 7.65. The monoisotopic (exact) mass is 351 g/mol. The molecule has 0 fully saturated rings. The zero-order valence-corrected chi connectivity index (χ0v) is 15.5. The predicted octanol–water partition coefficient (Wildman–Crippen LogP) is 3.55. The molecule has 0 saturated heterocycles. The van der Waals surface area contributed by atoms with E-state index < -0.39 is 11.5 Å². The Bertz CT molecular complexity index is 829. The smallest absolute Gasteiger partial charge is 0.330 e. The molecule has 0 unspecified atom stereocenters. The van der Waals surface area contributed by atoms with Gasteiger partial charge in [0, 0.05) is 18.4 Å². The van der Waals surface area contributed by atoms with E-state index in [1.165, 1.54) is 0 Å². The number of hydrogen-bond acceptors (Lipinski definition) is 2. The Morgan fingerprint density at radius 3 is 2.23 bits per heavy atom. The second-order valence-electron chi connectivity index (χ2n) is 7.65. The summed E-state index contributed by atoms with van der Waals surface area (Å²) in [5.74, 6) is -0.817. The third-order valence-corrected chi connectivity index (χ3v) is 5.18. The first-order chi connectivity index (χ1) is 12.3. The number of hydrogen-bond donors (Lipinski definition) is 2. The van der Waals surface area contributed by atoms with Gasteiger partial charge in [-0.05, 0) is 47.6 Å². The second kappa shape index (κ2) is 6.94. The van der Waals surface area contributed by atoms with Gasteiger partial charge in [-0.2, -0.15) is 0 Å². The van der Waals surface area contributed by atoms with Crippen molar-refractivity contribution in [3.63, 3.8) is 0 Å². The molecule has 3 rings (SSSR count). The zero-order chi connectivity index (χ0) is 18.9. The molecule has 2 aromatic rings. The van der Waals surface area contributed by atoms with Gasteiger partial charge in [0.2, 0.25) is 0 Å². The third kappa shape index (κ3) is 3.36. The molecule has 0 radical (unpaired) electrons. The van der Waals surface area contributed by atoms with Crippen LogP contribution in [0, 0.1) is 12.8 Å². The van der Waals surface area contributed by atoms with Crippen LogP contribution in [0.2, 0.25) is 0 Å². The third-order valence-electron chi connectivity index (χ3n) is 5.18. The van der Waals surface area contributed by atoms with Crippen LogP contribution in [0.5, 0.6) is 0 Å². The first kappa shape index (κ1) is 18.2. The van der Waals surface area contributed by atoms with E-state index in [0.29, 0.717) is 24.3 Å². The van der Waals surface area contributed by atoms with Crippen LogP contribution in [-0.2, 0) is 24.1 Å². The number of carbonyl (C=O) groups is 2. The minimum atomic E-state index is -1.28. The minimum Gasteiger partial charge on any atom is -0.479 e. The van der Waals surface area contributed by atoms with Gasteiger partial charge in [-0.15, -0.1) is 0 Å². The van der Waals surface area contributed by atoms with Crippen LogP contribution in [0.25, 0.3) is 0 Å². The van der Waals surface area contributed by atoms with Gasteiger partial charge >= 0.3 is 5.97 Å². The van der Waals surface area contributed by atoms with Crippen LogP contribution < -0.4 is 5.32 Å². The van der Waals surface area contributed by atoms with Crippen LogP contribution in [-0.4, -0.2) is 22.5 Å². The standard InChI is InChI=1S/C22H25NO3/c1-14(2)11-16-9-6-10-19(15(16)3)20(24)23-22(21(25)26)12-17-7-4-5-8-18(17)13-22/h4-10,14H,11-13H2,1-3H3,(H,23,24)(H,25,26).